The van der Waals surface area contributed by atoms with Crippen molar-refractivity contribution >= 4 is 11.8 Å². The van der Waals surface area contributed by atoms with Crippen LogP contribution in [0.15, 0.2) is 47.4 Å². The highest BCUT2D eigenvalue weighted by Gasteiger charge is 2.29. The van der Waals surface area contributed by atoms with Crippen LogP contribution in [0.4, 0.5) is 8.78 Å². The van der Waals surface area contributed by atoms with Gasteiger partial charge in [-0.3, -0.25) is 0 Å². The molecule has 2 aromatic rings. The summed E-state index contributed by atoms with van der Waals surface area (Å²) in [6.07, 6.45) is 0.220. The van der Waals surface area contributed by atoms with E-state index in [-0.39, 0.29) is 23.9 Å². The van der Waals surface area contributed by atoms with E-state index >= 15 is 0 Å². The zero-order chi connectivity index (χ0) is 14.1. The third kappa shape index (κ3) is 2.45. The van der Waals surface area contributed by atoms with Crippen LogP contribution in [-0.4, -0.2) is 11.8 Å². The number of halogens is 2. The Bertz CT molecular complexity index is 609. The fourth-order valence-corrected chi connectivity index (χ4v) is 3.99. The zero-order valence-corrected chi connectivity index (χ0v) is 11.7. The van der Waals surface area contributed by atoms with Gasteiger partial charge in [0.2, 0.25) is 0 Å². The number of hydrogen-bond acceptors (Lipinski definition) is 2. The van der Waals surface area contributed by atoms with E-state index in [0.29, 0.717) is 0 Å². The molecule has 1 aliphatic rings. The summed E-state index contributed by atoms with van der Waals surface area (Å²) in [7, 11) is 0. The Morgan fingerprint density at radius 3 is 2.55 bits per heavy atom. The average Bonchev–Trinajstić information content (AvgIpc) is 2.87. The first-order valence-corrected chi connectivity index (χ1v) is 7.55. The maximum absolute atomic E-state index is 13.7. The predicted octanol–water partition coefficient (Wildman–Crippen LogP) is 3.72. The first-order valence-electron chi connectivity index (χ1n) is 6.57. The van der Waals surface area contributed by atoms with E-state index in [1.165, 1.54) is 28.7 Å². The summed E-state index contributed by atoms with van der Waals surface area (Å²) in [6, 6.07) is 11.8. The molecule has 20 heavy (non-hydrogen) atoms. The summed E-state index contributed by atoms with van der Waals surface area (Å²) in [5.41, 5.74) is 7.51. The van der Waals surface area contributed by atoms with E-state index in [2.05, 4.69) is 12.1 Å². The Morgan fingerprint density at radius 1 is 1.10 bits per heavy atom. The highest BCUT2D eigenvalue weighted by Crippen LogP contribution is 2.41. The monoisotopic (exact) mass is 291 g/mol. The van der Waals surface area contributed by atoms with Crippen LogP contribution in [0, 0.1) is 11.6 Å². The molecule has 1 heterocycles. The molecule has 0 aliphatic carbocycles. The second kappa shape index (κ2) is 5.54. The number of thioether (sulfide) groups is 1. The third-order valence-electron chi connectivity index (χ3n) is 3.76. The van der Waals surface area contributed by atoms with Crippen molar-refractivity contribution in [1.29, 1.82) is 0 Å². The molecule has 2 aromatic carbocycles. The van der Waals surface area contributed by atoms with Crippen molar-refractivity contribution in [1.82, 2.24) is 0 Å². The minimum Gasteiger partial charge on any atom is -0.327 e. The van der Waals surface area contributed by atoms with Gasteiger partial charge in [0.05, 0.1) is 0 Å². The molecule has 0 saturated carbocycles. The first kappa shape index (κ1) is 13.6. The van der Waals surface area contributed by atoms with E-state index in [0.717, 1.165) is 5.75 Å². The van der Waals surface area contributed by atoms with Crippen molar-refractivity contribution in [3.8, 4) is 0 Å². The third-order valence-corrected chi connectivity index (χ3v) is 4.96. The van der Waals surface area contributed by atoms with Gasteiger partial charge in [0, 0.05) is 28.2 Å². The predicted molar refractivity (Wildman–Crippen MR) is 77.9 cm³/mol. The van der Waals surface area contributed by atoms with E-state index in [1.54, 1.807) is 11.8 Å². The van der Waals surface area contributed by atoms with E-state index in [9.17, 15) is 8.78 Å². The Labute approximate surface area is 121 Å². The lowest BCUT2D eigenvalue weighted by molar-refractivity contribution is 0.510. The van der Waals surface area contributed by atoms with Crippen molar-refractivity contribution in [2.45, 2.75) is 23.3 Å². The van der Waals surface area contributed by atoms with Crippen molar-refractivity contribution < 1.29 is 8.78 Å². The maximum atomic E-state index is 13.7. The summed E-state index contributed by atoms with van der Waals surface area (Å²) in [5.74, 6) is -0.00897. The molecule has 0 amide bonds. The van der Waals surface area contributed by atoms with Crippen LogP contribution >= 0.6 is 11.8 Å². The summed E-state index contributed by atoms with van der Waals surface area (Å²) in [5, 5.41) is 0. The van der Waals surface area contributed by atoms with Crippen molar-refractivity contribution in [3.63, 3.8) is 0 Å². The van der Waals surface area contributed by atoms with Gasteiger partial charge >= 0.3 is 0 Å². The molecule has 0 radical (unpaired) electrons. The summed E-state index contributed by atoms with van der Waals surface area (Å²) in [6.45, 7) is 0. The van der Waals surface area contributed by atoms with Gasteiger partial charge in [-0.2, -0.15) is 0 Å². The Kier molecular flexibility index (Phi) is 3.76. The minimum atomic E-state index is -0.514. The molecule has 4 heteroatoms. The Balaban J connectivity index is 1.83. The molecule has 1 nitrogen and oxygen atoms in total. The fraction of sp³-hybridized carbons (Fsp3) is 0.250. The molecule has 2 atom stereocenters. The van der Waals surface area contributed by atoms with Crippen LogP contribution in [0.2, 0.25) is 0 Å². The van der Waals surface area contributed by atoms with E-state index < -0.39 is 11.6 Å². The standard InChI is InChI=1S/C16H15F2NS/c17-13-5-3-6-14(18)11(13)8-15(19)12-9-20-16-7-2-1-4-10(12)16/h1-7,12,15H,8-9,19H2. The molecule has 3 rings (SSSR count). The van der Waals surface area contributed by atoms with Gasteiger partial charge in [-0.05, 0) is 30.2 Å². The number of nitrogens with two attached hydrogens (primary N) is 1. The van der Waals surface area contributed by atoms with Crippen LogP contribution in [0.25, 0.3) is 0 Å². The smallest absolute Gasteiger partial charge is 0.129 e. The lowest BCUT2D eigenvalue weighted by Gasteiger charge is -2.20. The Morgan fingerprint density at radius 2 is 1.80 bits per heavy atom. The lowest BCUT2D eigenvalue weighted by Crippen LogP contribution is -2.31. The topological polar surface area (TPSA) is 26.0 Å². The fourth-order valence-electron chi connectivity index (χ4n) is 2.65. The molecular formula is C16H15F2NS. The van der Waals surface area contributed by atoms with Crippen LogP contribution in [0.3, 0.4) is 0 Å². The van der Waals surface area contributed by atoms with Crippen molar-refractivity contribution in [3.05, 3.63) is 65.2 Å². The maximum Gasteiger partial charge on any atom is 0.129 e. The van der Waals surface area contributed by atoms with Gasteiger partial charge in [0.15, 0.2) is 0 Å². The molecule has 104 valence electrons. The van der Waals surface area contributed by atoms with Gasteiger partial charge in [-0.25, -0.2) is 8.78 Å². The molecule has 0 saturated heterocycles. The number of fused-ring (bicyclic) bond motifs is 1. The molecule has 1 aliphatic heterocycles. The van der Waals surface area contributed by atoms with Gasteiger partial charge in [0.1, 0.15) is 11.6 Å². The summed E-state index contributed by atoms with van der Waals surface area (Å²) in [4.78, 5) is 1.22. The van der Waals surface area contributed by atoms with Crippen LogP contribution in [0.1, 0.15) is 17.0 Å². The first-order chi connectivity index (χ1) is 9.66. The lowest BCUT2D eigenvalue weighted by atomic mass is 9.89. The van der Waals surface area contributed by atoms with Crippen molar-refractivity contribution in [2.75, 3.05) is 5.75 Å². The van der Waals surface area contributed by atoms with Crippen molar-refractivity contribution in [2.24, 2.45) is 5.73 Å². The minimum absolute atomic E-state index is 0.0920. The highest BCUT2D eigenvalue weighted by molar-refractivity contribution is 7.99. The Hall–Kier alpha value is -1.39. The zero-order valence-electron chi connectivity index (χ0n) is 10.9. The molecular weight excluding hydrogens is 276 g/mol. The SMILES string of the molecule is NC(Cc1c(F)cccc1F)C1CSc2ccccc21. The quantitative estimate of drug-likeness (QED) is 0.932. The van der Waals surface area contributed by atoms with Crippen LogP contribution < -0.4 is 5.73 Å². The molecule has 0 bridgehead atoms. The van der Waals surface area contributed by atoms with Gasteiger partial charge < -0.3 is 5.73 Å². The van der Waals surface area contributed by atoms with Crippen LogP contribution in [0.5, 0.6) is 0 Å². The number of hydrogen-bond donors (Lipinski definition) is 1. The van der Waals surface area contributed by atoms with E-state index in [4.69, 9.17) is 5.73 Å². The second-order valence-electron chi connectivity index (χ2n) is 5.02. The van der Waals surface area contributed by atoms with Gasteiger partial charge in [-0.1, -0.05) is 24.3 Å². The molecule has 2 N–H and O–H groups in total. The molecule has 0 fully saturated rings. The molecule has 2 unspecified atom stereocenters. The van der Waals surface area contributed by atoms with E-state index in [1.807, 2.05) is 12.1 Å². The normalized spacial score (nSPS) is 18.9. The average molecular weight is 291 g/mol. The summed E-state index contributed by atoms with van der Waals surface area (Å²) < 4.78 is 27.4. The van der Waals surface area contributed by atoms with Crippen LogP contribution in [-0.2, 0) is 6.42 Å². The van der Waals surface area contributed by atoms with Gasteiger partial charge in [-0.15, -0.1) is 11.8 Å². The largest absolute Gasteiger partial charge is 0.327 e. The highest BCUT2D eigenvalue weighted by atomic mass is 32.2. The second-order valence-corrected chi connectivity index (χ2v) is 6.09. The molecule has 0 spiro atoms. The number of benzene rings is 2. The molecule has 0 aromatic heterocycles. The summed E-state index contributed by atoms with van der Waals surface area (Å²) >= 11 is 1.76. The van der Waals surface area contributed by atoms with Gasteiger partial charge in [0.25, 0.3) is 0 Å². The number of rotatable bonds is 3.